The Morgan fingerprint density at radius 1 is 1.62 bits per heavy atom. The van der Waals surface area contributed by atoms with E-state index in [4.69, 9.17) is 11.8 Å². The molecule has 1 heterocycles. The van der Waals surface area contributed by atoms with Crippen molar-refractivity contribution < 1.29 is 4.79 Å². The molecule has 0 spiro atoms. The first-order valence-electron chi connectivity index (χ1n) is 5.71. The Morgan fingerprint density at radius 2 is 2.25 bits per heavy atom. The lowest BCUT2D eigenvalue weighted by molar-refractivity contribution is 0.157. The van der Waals surface area contributed by atoms with Crippen molar-refractivity contribution in [3.05, 3.63) is 0 Å². The number of carbonyl (C=O) groups is 1. The van der Waals surface area contributed by atoms with Gasteiger partial charge in [0, 0.05) is 0 Å². The van der Waals surface area contributed by atoms with E-state index in [9.17, 15) is 4.79 Å². The predicted octanol–water partition coefficient (Wildman–Crippen LogP) is 1.57. The molecule has 1 atom stereocenters. The van der Waals surface area contributed by atoms with Crippen LogP contribution in [0.15, 0.2) is 0 Å². The monoisotopic (exact) mass is 219 g/mol. The van der Waals surface area contributed by atoms with Gasteiger partial charge in [0.1, 0.15) is 11.4 Å². The molecule has 2 N–H and O–H groups in total. The van der Waals surface area contributed by atoms with Crippen molar-refractivity contribution in [1.82, 2.24) is 10.2 Å². The lowest BCUT2D eigenvalue weighted by Crippen LogP contribution is -2.52. The van der Waals surface area contributed by atoms with E-state index in [-0.39, 0.29) is 12.6 Å². The van der Waals surface area contributed by atoms with Crippen LogP contribution in [0.2, 0.25) is 0 Å². The highest BCUT2D eigenvalue weighted by Gasteiger charge is 2.51. The molecule has 2 aliphatic rings. The van der Waals surface area contributed by atoms with Gasteiger partial charge < -0.3 is 4.90 Å². The standard InChI is InChI=1S/C12H17N3O/c1-3-8-15-11(16)14-10(13)12(15,2)9-6-4-5-7-9/h1,9H,4-8H2,2H3,(H2,13,14,16). The summed E-state index contributed by atoms with van der Waals surface area (Å²) >= 11 is 0. The average Bonchev–Trinajstić information content (AvgIpc) is 2.83. The molecule has 2 amide bonds. The second-order valence-corrected chi connectivity index (χ2v) is 4.72. The fraction of sp³-hybridized carbons (Fsp3) is 0.667. The van der Waals surface area contributed by atoms with Gasteiger partial charge in [0.2, 0.25) is 0 Å². The SMILES string of the molecule is C#CCN1C(=O)NC(=N)C1(C)C1CCCC1. The number of rotatable bonds is 2. The van der Waals surface area contributed by atoms with Gasteiger partial charge in [-0.1, -0.05) is 18.8 Å². The second-order valence-electron chi connectivity index (χ2n) is 4.72. The smallest absolute Gasteiger partial charge is 0.301 e. The molecule has 0 radical (unpaired) electrons. The first kappa shape index (κ1) is 11.0. The molecular formula is C12H17N3O. The molecule has 1 saturated carbocycles. The van der Waals surface area contributed by atoms with Crippen LogP contribution in [0.25, 0.3) is 0 Å². The van der Waals surface area contributed by atoms with E-state index in [1.54, 1.807) is 4.90 Å². The lowest BCUT2D eigenvalue weighted by atomic mass is 9.82. The number of carbonyl (C=O) groups excluding carboxylic acids is 1. The van der Waals surface area contributed by atoms with Gasteiger partial charge in [0.05, 0.1) is 6.54 Å². The molecule has 2 rings (SSSR count). The third-order valence-corrected chi connectivity index (χ3v) is 3.94. The molecule has 2 fully saturated rings. The van der Waals surface area contributed by atoms with Crippen molar-refractivity contribution in [1.29, 1.82) is 5.41 Å². The molecule has 0 bridgehead atoms. The number of hydrogen-bond donors (Lipinski definition) is 2. The zero-order valence-corrected chi connectivity index (χ0v) is 9.55. The molecule has 0 aromatic rings. The fourth-order valence-corrected chi connectivity index (χ4v) is 2.89. The molecule has 4 nitrogen and oxygen atoms in total. The van der Waals surface area contributed by atoms with Crippen LogP contribution in [-0.2, 0) is 0 Å². The Kier molecular flexibility index (Phi) is 2.63. The minimum atomic E-state index is -0.514. The summed E-state index contributed by atoms with van der Waals surface area (Å²) in [5, 5.41) is 10.6. The zero-order valence-electron chi connectivity index (χ0n) is 9.55. The van der Waals surface area contributed by atoms with Crippen molar-refractivity contribution in [3.63, 3.8) is 0 Å². The van der Waals surface area contributed by atoms with Gasteiger partial charge >= 0.3 is 6.03 Å². The topological polar surface area (TPSA) is 56.2 Å². The highest BCUT2D eigenvalue weighted by Crippen LogP contribution is 2.40. The van der Waals surface area contributed by atoms with Gasteiger partial charge in [-0.05, 0) is 25.7 Å². The Labute approximate surface area is 95.9 Å². The maximum atomic E-state index is 11.7. The highest BCUT2D eigenvalue weighted by atomic mass is 16.2. The summed E-state index contributed by atoms with van der Waals surface area (Å²) in [6, 6.07) is -0.225. The van der Waals surface area contributed by atoms with Crippen LogP contribution in [0.1, 0.15) is 32.6 Å². The van der Waals surface area contributed by atoms with Crippen LogP contribution in [0.5, 0.6) is 0 Å². The van der Waals surface area contributed by atoms with Gasteiger partial charge in [-0.15, -0.1) is 6.42 Å². The van der Waals surface area contributed by atoms with E-state index in [1.165, 1.54) is 12.8 Å². The molecule has 1 aliphatic heterocycles. The Bertz CT molecular complexity index is 365. The molecule has 16 heavy (non-hydrogen) atoms. The molecule has 0 aromatic heterocycles. The van der Waals surface area contributed by atoms with Crippen molar-refractivity contribution in [2.45, 2.75) is 38.1 Å². The first-order chi connectivity index (χ1) is 7.60. The summed E-state index contributed by atoms with van der Waals surface area (Å²) < 4.78 is 0. The van der Waals surface area contributed by atoms with E-state index in [0.29, 0.717) is 11.8 Å². The van der Waals surface area contributed by atoms with Crippen LogP contribution >= 0.6 is 0 Å². The Hall–Kier alpha value is -1.50. The normalized spacial score (nSPS) is 30.6. The van der Waals surface area contributed by atoms with Crippen molar-refractivity contribution in [2.75, 3.05) is 6.54 Å². The summed E-state index contributed by atoms with van der Waals surface area (Å²) in [6.07, 6.45) is 9.82. The fourth-order valence-electron chi connectivity index (χ4n) is 2.89. The van der Waals surface area contributed by atoms with Crippen LogP contribution in [0.3, 0.4) is 0 Å². The van der Waals surface area contributed by atoms with Crippen LogP contribution in [0, 0.1) is 23.7 Å². The minimum Gasteiger partial charge on any atom is -0.301 e. The number of urea groups is 1. The van der Waals surface area contributed by atoms with Crippen molar-refractivity contribution in [3.8, 4) is 12.3 Å². The van der Waals surface area contributed by atoms with E-state index >= 15 is 0 Å². The van der Waals surface area contributed by atoms with Crippen LogP contribution in [0.4, 0.5) is 4.79 Å². The molecule has 0 aromatic carbocycles. The second kappa shape index (κ2) is 3.82. The lowest BCUT2D eigenvalue weighted by Gasteiger charge is -2.37. The number of hydrogen-bond acceptors (Lipinski definition) is 2. The zero-order chi connectivity index (χ0) is 11.8. The third kappa shape index (κ3) is 1.39. The van der Waals surface area contributed by atoms with E-state index < -0.39 is 5.54 Å². The summed E-state index contributed by atoms with van der Waals surface area (Å²) in [5.74, 6) is 3.18. The largest absolute Gasteiger partial charge is 0.324 e. The first-order valence-corrected chi connectivity index (χ1v) is 5.71. The van der Waals surface area contributed by atoms with Gasteiger partial charge in [-0.3, -0.25) is 10.7 Å². The highest BCUT2D eigenvalue weighted by molar-refractivity contribution is 6.08. The molecule has 1 aliphatic carbocycles. The Morgan fingerprint density at radius 3 is 2.81 bits per heavy atom. The number of amides is 2. The molecule has 1 saturated heterocycles. The third-order valence-electron chi connectivity index (χ3n) is 3.94. The molecular weight excluding hydrogens is 202 g/mol. The van der Waals surface area contributed by atoms with Gasteiger partial charge in [-0.2, -0.15) is 0 Å². The number of nitrogens with one attached hydrogen (secondary N) is 2. The summed E-state index contributed by atoms with van der Waals surface area (Å²) in [7, 11) is 0. The number of terminal acetylenes is 1. The molecule has 1 unspecified atom stereocenters. The van der Waals surface area contributed by atoms with Crippen LogP contribution < -0.4 is 5.32 Å². The van der Waals surface area contributed by atoms with E-state index in [1.807, 2.05) is 6.92 Å². The van der Waals surface area contributed by atoms with Gasteiger partial charge in [0.15, 0.2) is 0 Å². The average molecular weight is 219 g/mol. The maximum absolute atomic E-state index is 11.7. The van der Waals surface area contributed by atoms with Crippen molar-refractivity contribution in [2.24, 2.45) is 5.92 Å². The van der Waals surface area contributed by atoms with Gasteiger partial charge in [-0.25, -0.2) is 4.79 Å². The minimum absolute atomic E-state index is 0.225. The summed E-state index contributed by atoms with van der Waals surface area (Å²) in [5.41, 5.74) is -0.514. The van der Waals surface area contributed by atoms with Crippen LogP contribution in [-0.4, -0.2) is 28.9 Å². The molecule has 4 heteroatoms. The maximum Gasteiger partial charge on any atom is 0.324 e. The summed E-state index contributed by atoms with van der Waals surface area (Å²) in [4.78, 5) is 13.4. The number of amidine groups is 1. The van der Waals surface area contributed by atoms with Crippen molar-refractivity contribution >= 4 is 11.9 Å². The Balaban J connectivity index is 2.30. The predicted molar refractivity (Wildman–Crippen MR) is 62.2 cm³/mol. The van der Waals surface area contributed by atoms with Gasteiger partial charge in [0.25, 0.3) is 0 Å². The number of nitrogens with zero attached hydrogens (tertiary/aromatic N) is 1. The summed E-state index contributed by atoms with van der Waals surface area (Å²) in [6.45, 7) is 2.24. The quantitative estimate of drug-likeness (QED) is 0.680. The molecule has 86 valence electrons. The van der Waals surface area contributed by atoms with E-state index in [2.05, 4.69) is 11.2 Å². The van der Waals surface area contributed by atoms with E-state index in [0.717, 1.165) is 12.8 Å².